The van der Waals surface area contributed by atoms with E-state index in [4.69, 9.17) is 5.73 Å². The molecule has 114 valence electrons. The highest BCUT2D eigenvalue weighted by Gasteiger charge is 2.19. The fraction of sp³-hybridized carbons (Fsp3) is 0.267. The lowest BCUT2D eigenvalue weighted by Crippen LogP contribution is -2.47. The number of piperazine rings is 1. The highest BCUT2D eigenvalue weighted by atomic mass is 79.9. The van der Waals surface area contributed by atoms with Crippen molar-refractivity contribution in [3.8, 4) is 0 Å². The summed E-state index contributed by atoms with van der Waals surface area (Å²) in [5.74, 6) is 0.357. The lowest BCUT2D eigenvalue weighted by molar-refractivity contribution is 0.100. The summed E-state index contributed by atoms with van der Waals surface area (Å²) < 4.78 is 0.879. The monoisotopic (exact) mass is 361 g/mol. The first-order chi connectivity index (χ1) is 10.6. The normalized spacial score (nSPS) is 15.0. The molecule has 0 aliphatic carbocycles. The van der Waals surface area contributed by atoms with Crippen LogP contribution in [-0.2, 0) is 0 Å². The average molecular weight is 362 g/mol. The predicted molar refractivity (Wildman–Crippen MR) is 89.1 cm³/mol. The van der Waals surface area contributed by atoms with Gasteiger partial charge < -0.3 is 15.5 Å². The number of rotatable bonds is 3. The van der Waals surface area contributed by atoms with Crippen LogP contribution in [0.4, 0.5) is 11.6 Å². The molecule has 2 heterocycles. The molecule has 0 atom stereocenters. The third-order valence-electron chi connectivity index (χ3n) is 3.69. The second-order valence-corrected chi connectivity index (χ2v) is 6.00. The number of hydrogen-bond acceptors (Lipinski definition) is 5. The first-order valence-electron chi connectivity index (χ1n) is 7.01. The van der Waals surface area contributed by atoms with E-state index < -0.39 is 5.91 Å². The van der Waals surface area contributed by atoms with Crippen LogP contribution in [0.2, 0.25) is 0 Å². The molecule has 0 unspecified atom stereocenters. The zero-order valence-corrected chi connectivity index (χ0v) is 13.5. The molecule has 2 N–H and O–H groups in total. The van der Waals surface area contributed by atoms with Crippen LogP contribution in [-0.4, -0.2) is 42.1 Å². The van der Waals surface area contributed by atoms with Gasteiger partial charge in [0.2, 0.25) is 11.9 Å². The number of nitrogens with two attached hydrogens (primary N) is 1. The van der Waals surface area contributed by atoms with E-state index in [2.05, 4.69) is 35.7 Å². The summed E-state index contributed by atoms with van der Waals surface area (Å²) in [4.78, 5) is 24.2. The standard InChI is InChI=1S/C15H16BrN5O/c16-12-9-18-15(19-10-12)21-7-5-20(6-8-21)13-3-1-11(2-4-13)14(17)22/h1-4,9-10H,5-8H2,(H2,17,22). The zero-order chi connectivity index (χ0) is 15.5. The molecular weight excluding hydrogens is 346 g/mol. The van der Waals surface area contributed by atoms with Crippen LogP contribution in [0.3, 0.4) is 0 Å². The number of carbonyl (C=O) groups is 1. The van der Waals surface area contributed by atoms with Crippen molar-refractivity contribution in [1.29, 1.82) is 0 Å². The molecule has 7 heteroatoms. The molecule has 0 radical (unpaired) electrons. The third kappa shape index (κ3) is 3.19. The molecule has 1 amide bonds. The molecule has 1 aliphatic rings. The largest absolute Gasteiger partial charge is 0.368 e. The number of anilines is 2. The molecule has 1 saturated heterocycles. The SMILES string of the molecule is NC(=O)c1ccc(N2CCN(c3ncc(Br)cn3)CC2)cc1. The number of nitrogens with zero attached hydrogens (tertiary/aromatic N) is 4. The van der Waals surface area contributed by atoms with Gasteiger partial charge in [-0.25, -0.2) is 9.97 Å². The first kappa shape index (κ1) is 14.8. The topological polar surface area (TPSA) is 75.4 Å². The Morgan fingerprint density at radius 3 is 2.09 bits per heavy atom. The van der Waals surface area contributed by atoms with E-state index in [1.165, 1.54) is 0 Å². The number of hydrogen-bond donors (Lipinski definition) is 1. The van der Waals surface area contributed by atoms with Crippen molar-refractivity contribution < 1.29 is 4.79 Å². The molecule has 0 bridgehead atoms. The summed E-state index contributed by atoms with van der Waals surface area (Å²) in [5, 5.41) is 0. The Morgan fingerprint density at radius 2 is 1.55 bits per heavy atom. The van der Waals surface area contributed by atoms with Gasteiger partial charge in [0.05, 0.1) is 4.47 Å². The van der Waals surface area contributed by atoms with Crippen molar-refractivity contribution >= 4 is 33.5 Å². The minimum Gasteiger partial charge on any atom is -0.368 e. The highest BCUT2D eigenvalue weighted by molar-refractivity contribution is 9.10. The third-order valence-corrected chi connectivity index (χ3v) is 4.10. The van der Waals surface area contributed by atoms with Gasteiger partial charge >= 0.3 is 0 Å². The summed E-state index contributed by atoms with van der Waals surface area (Å²) in [7, 11) is 0. The fourth-order valence-corrected chi connectivity index (χ4v) is 2.67. The van der Waals surface area contributed by atoms with E-state index in [0.29, 0.717) is 5.56 Å². The van der Waals surface area contributed by atoms with E-state index in [1.54, 1.807) is 24.5 Å². The van der Waals surface area contributed by atoms with Crippen molar-refractivity contribution in [1.82, 2.24) is 9.97 Å². The van der Waals surface area contributed by atoms with E-state index in [0.717, 1.165) is 42.3 Å². The van der Waals surface area contributed by atoms with E-state index in [1.807, 2.05) is 12.1 Å². The second-order valence-electron chi connectivity index (χ2n) is 5.09. The van der Waals surface area contributed by atoms with Crippen molar-refractivity contribution in [2.75, 3.05) is 36.0 Å². The van der Waals surface area contributed by atoms with E-state index in [9.17, 15) is 4.79 Å². The van der Waals surface area contributed by atoms with Gasteiger partial charge in [-0.15, -0.1) is 0 Å². The van der Waals surface area contributed by atoms with Crippen LogP contribution in [0.25, 0.3) is 0 Å². The molecule has 0 saturated carbocycles. The maximum Gasteiger partial charge on any atom is 0.248 e. The molecule has 22 heavy (non-hydrogen) atoms. The Bertz CT molecular complexity index is 651. The molecule has 1 aromatic carbocycles. The van der Waals surface area contributed by atoms with Gasteiger partial charge in [-0.1, -0.05) is 0 Å². The highest BCUT2D eigenvalue weighted by Crippen LogP contribution is 2.19. The van der Waals surface area contributed by atoms with Gasteiger partial charge in [-0.3, -0.25) is 4.79 Å². The Kier molecular flexibility index (Phi) is 4.24. The minimum absolute atomic E-state index is 0.399. The molecular formula is C15H16BrN5O. The summed E-state index contributed by atoms with van der Waals surface area (Å²) in [6.07, 6.45) is 3.52. The summed E-state index contributed by atoms with van der Waals surface area (Å²) >= 11 is 3.34. The Hall–Kier alpha value is -2.15. The smallest absolute Gasteiger partial charge is 0.248 e. The molecule has 3 rings (SSSR count). The number of halogens is 1. The Labute approximate surface area is 137 Å². The second kappa shape index (κ2) is 6.31. The maximum atomic E-state index is 11.1. The van der Waals surface area contributed by atoms with Crippen LogP contribution >= 0.6 is 15.9 Å². The van der Waals surface area contributed by atoms with Gasteiger partial charge in [0.1, 0.15) is 0 Å². The summed E-state index contributed by atoms with van der Waals surface area (Å²) in [6.45, 7) is 3.49. The lowest BCUT2D eigenvalue weighted by Gasteiger charge is -2.36. The van der Waals surface area contributed by atoms with E-state index in [-0.39, 0.29) is 0 Å². The number of aromatic nitrogens is 2. The fourth-order valence-electron chi connectivity index (χ4n) is 2.47. The van der Waals surface area contributed by atoms with Crippen LogP contribution in [0.15, 0.2) is 41.1 Å². The Morgan fingerprint density at radius 1 is 1.00 bits per heavy atom. The van der Waals surface area contributed by atoms with Crippen molar-refractivity contribution in [2.24, 2.45) is 5.73 Å². The summed E-state index contributed by atoms with van der Waals surface area (Å²) in [6, 6.07) is 7.40. The van der Waals surface area contributed by atoms with E-state index >= 15 is 0 Å². The molecule has 2 aromatic rings. The van der Waals surface area contributed by atoms with Gasteiger partial charge in [0.25, 0.3) is 0 Å². The molecule has 0 spiro atoms. The molecule has 6 nitrogen and oxygen atoms in total. The van der Waals surface area contributed by atoms with Crippen molar-refractivity contribution in [3.63, 3.8) is 0 Å². The van der Waals surface area contributed by atoms with Gasteiger partial charge in [-0.05, 0) is 40.2 Å². The minimum atomic E-state index is -0.399. The predicted octanol–water partition coefficient (Wildman–Crippen LogP) is 1.66. The van der Waals surface area contributed by atoms with Crippen LogP contribution in [0.1, 0.15) is 10.4 Å². The maximum absolute atomic E-state index is 11.1. The van der Waals surface area contributed by atoms with Gasteiger partial charge in [0.15, 0.2) is 0 Å². The number of carbonyl (C=O) groups excluding carboxylic acids is 1. The Balaban J connectivity index is 1.63. The first-order valence-corrected chi connectivity index (χ1v) is 7.80. The number of benzene rings is 1. The number of primary amides is 1. The summed E-state index contributed by atoms with van der Waals surface area (Å²) in [5.41, 5.74) is 6.89. The van der Waals surface area contributed by atoms with Gasteiger partial charge in [-0.2, -0.15) is 0 Å². The quantitative estimate of drug-likeness (QED) is 0.899. The molecule has 1 aromatic heterocycles. The van der Waals surface area contributed by atoms with Crippen molar-refractivity contribution in [3.05, 3.63) is 46.7 Å². The molecule has 1 aliphatic heterocycles. The zero-order valence-electron chi connectivity index (χ0n) is 11.9. The van der Waals surface area contributed by atoms with Crippen LogP contribution in [0.5, 0.6) is 0 Å². The van der Waals surface area contributed by atoms with Crippen molar-refractivity contribution in [2.45, 2.75) is 0 Å². The lowest BCUT2D eigenvalue weighted by atomic mass is 10.1. The molecule has 1 fully saturated rings. The average Bonchev–Trinajstić information content (AvgIpc) is 2.56. The van der Waals surface area contributed by atoms with Gasteiger partial charge in [0, 0.05) is 49.8 Å². The van der Waals surface area contributed by atoms with Crippen LogP contribution < -0.4 is 15.5 Å². The van der Waals surface area contributed by atoms with Crippen LogP contribution in [0, 0.1) is 0 Å². The number of amides is 1.